The predicted octanol–water partition coefficient (Wildman–Crippen LogP) is 5.19. The Morgan fingerprint density at radius 3 is 1.32 bits per heavy atom. The Labute approximate surface area is 148 Å². The Morgan fingerprint density at radius 2 is 1.00 bits per heavy atom. The van der Waals surface area contributed by atoms with Gasteiger partial charge in [0.15, 0.2) is 0 Å². The van der Waals surface area contributed by atoms with Crippen LogP contribution in [0.25, 0.3) is 22.3 Å². The maximum atomic E-state index is 12.1. The fourth-order valence-electron chi connectivity index (χ4n) is 3.66. The summed E-state index contributed by atoms with van der Waals surface area (Å²) in [5.41, 5.74) is 5.70. The second-order valence-electron chi connectivity index (χ2n) is 6.16. The highest BCUT2D eigenvalue weighted by molar-refractivity contribution is 7.86. The lowest BCUT2D eigenvalue weighted by atomic mass is 9.86. The lowest BCUT2D eigenvalue weighted by Gasteiger charge is -2.21. The van der Waals surface area contributed by atoms with Gasteiger partial charge in [0.2, 0.25) is 0 Å². The van der Waals surface area contributed by atoms with Crippen molar-refractivity contribution < 1.29 is 13.0 Å². The van der Waals surface area contributed by atoms with Gasteiger partial charge in [0.1, 0.15) is 4.90 Å². The van der Waals surface area contributed by atoms with Gasteiger partial charge in [-0.25, -0.2) is 0 Å². The van der Waals surface area contributed by atoms with E-state index in [0.717, 1.165) is 27.8 Å². The van der Waals surface area contributed by atoms with Gasteiger partial charge in [0, 0.05) is 0 Å². The molecular formula is C21H20O3S. The standard InChI is InChI=1S/C21H20O3S/c1-14-19(17-10-6-4-7-11-17)15(2)21(25(22,23)24)16(3)20(14)18-12-8-5-9-13-18/h4-13H,1-3H3,(H,22,23,24). The molecular weight excluding hydrogens is 332 g/mol. The molecule has 0 heterocycles. The van der Waals surface area contributed by atoms with Crippen LogP contribution in [-0.4, -0.2) is 13.0 Å². The van der Waals surface area contributed by atoms with Crippen LogP contribution >= 0.6 is 0 Å². The maximum Gasteiger partial charge on any atom is 0.295 e. The SMILES string of the molecule is Cc1c(-c2ccccc2)c(C)c(S(=O)(=O)O)c(C)c1-c1ccccc1. The van der Waals surface area contributed by atoms with Crippen LogP contribution in [0, 0.1) is 20.8 Å². The van der Waals surface area contributed by atoms with E-state index in [4.69, 9.17) is 0 Å². The van der Waals surface area contributed by atoms with Crippen LogP contribution < -0.4 is 0 Å². The monoisotopic (exact) mass is 352 g/mol. The Kier molecular flexibility index (Phi) is 4.50. The summed E-state index contributed by atoms with van der Waals surface area (Å²) in [5.74, 6) is 0. The third kappa shape index (κ3) is 3.11. The molecule has 0 aliphatic rings. The van der Waals surface area contributed by atoms with Crippen LogP contribution in [0.5, 0.6) is 0 Å². The zero-order valence-corrected chi connectivity index (χ0v) is 15.3. The molecule has 0 spiro atoms. The first-order chi connectivity index (χ1) is 11.8. The first kappa shape index (κ1) is 17.4. The summed E-state index contributed by atoms with van der Waals surface area (Å²) in [6.45, 7) is 5.50. The van der Waals surface area contributed by atoms with Gasteiger partial charge in [0.25, 0.3) is 10.1 Å². The molecule has 4 heteroatoms. The molecule has 0 saturated heterocycles. The molecule has 0 radical (unpaired) electrons. The lowest BCUT2D eigenvalue weighted by molar-refractivity contribution is 0.482. The van der Waals surface area contributed by atoms with Crippen molar-refractivity contribution in [1.29, 1.82) is 0 Å². The van der Waals surface area contributed by atoms with E-state index < -0.39 is 10.1 Å². The van der Waals surface area contributed by atoms with Crippen molar-refractivity contribution in [2.24, 2.45) is 0 Å². The Balaban J connectivity index is 2.49. The Hall–Kier alpha value is -2.43. The smallest absolute Gasteiger partial charge is 0.282 e. The second kappa shape index (κ2) is 6.47. The minimum atomic E-state index is -4.34. The summed E-state index contributed by atoms with van der Waals surface area (Å²) in [6.07, 6.45) is 0. The fourth-order valence-corrected chi connectivity index (χ4v) is 4.64. The van der Waals surface area contributed by atoms with Crippen molar-refractivity contribution >= 4 is 10.1 Å². The minimum Gasteiger partial charge on any atom is -0.282 e. The van der Waals surface area contributed by atoms with E-state index in [0.29, 0.717) is 11.1 Å². The Morgan fingerprint density at radius 1 is 0.640 bits per heavy atom. The molecule has 0 aliphatic carbocycles. The van der Waals surface area contributed by atoms with Crippen molar-refractivity contribution in [1.82, 2.24) is 0 Å². The molecule has 0 aromatic heterocycles. The Bertz CT molecular complexity index is 955. The van der Waals surface area contributed by atoms with E-state index in [1.807, 2.05) is 67.6 Å². The summed E-state index contributed by atoms with van der Waals surface area (Å²) in [6, 6.07) is 19.3. The van der Waals surface area contributed by atoms with Gasteiger partial charge in [-0.3, -0.25) is 4.55 Å². The van der Waals surface area contributed by atoms with Gasteiger partial charge in [-0.15, -0.1) is 0 Å². The average molecular weight is 352 g/mol. The van der Waals surface area contributed by atoms with E-state index in [2.05, 4.69) is 0 Å². The topological polar surface area (TPSA) is 54.4 Å². The zero-order chi connectivity index (χ0) is 18.2. The molecule has 0 amide bonds. The van der Waals surface area contributed by atoms with Crippen molar-refractivity contribution in [3.63, 3.8) is 0 Å². The number of benzene rings is 3. The molecule has 25 heavy (non-hydrogen) atoms. The summed E-state index contributed by atoms with van der Waals surface area (Å²) in [5, 5.41) is 0. The third-order valence-electron chi connectivity index (χ3n) is 4.56. The van der Waals surface area contributed by atoms with Crippen LogP contribution in [0.3, 0.4) is 0 Å². The van der Waals surface area contributed by atoms with Gasteiger partial charge < -0.3 is 0 Å². The van der Waals surface area contributed by atoms with Crippen LogP contribution in [-0.2, 0) is 10.1 Å². The van der Waals surface area contributed by atoms with E-state index >= 15 is 0 Å². The normalized spacial score (nSPS) is 11.5. The third-order valence-corrected chi connectivity index (χ3v) is 5.69. The van der Waals surface area contributed by atoms with Crippen LogP contribution in [0.15, 0.2) is 65.6 Å². The first-order valence-electron chi connectivity index (χ1n) is 8.04. The largest absolute Gasteiger partial charge is 0.295 e. The molecule has 0 aliphatic heterocycles. The molecule has 3 aromatic carbocycles. The van der Waals surface area contributed by atoms with Gasteiger partial charge >= 0.3 is 0 Å². The number of hydrogen-bond donors (Lipinski definition) is 1. The van der Waals surface area contributed by atoms with Crippen LogP contribution in [0.1, 0.15) is 16.7 Å². The first-order valence-corrected chi connectivity index (χ1v) is 9.48. The van der Waals surface area contributed by atoms with E-state index in [-0.39, 0.29) is 4.90 Å². The van der Waals surface area contributed by atoms with Gasteiger partial charge in [0.05, 0.1) is 0 Å². The van der Waals surface area contributed by atoms with Crippen LogP contribution in [0.4, 0.5) is 0 Å². The van der Waals surface area contributed by atoms with Gasteiger partial charge in [-0.1, -0.05) is 60.7 Å². The summed E-state index contributed by atoms with van der Waals surface area (Å²) in [7, 11) is -4.34. The minimum absolute atomic E-state index is 0.00388. The highest BCUT2D eigenvalue weighted by atomic mass is 32.2. The number of rotatable bonds is 3. The molecule has 0 saturated carbocycles. The molecule has 0 atom stereocenters. The summed E-state index contributed by atoms with van der Waals surface area (Å²) >= 11 is 0. The molecule has 128 valence electrons. The highest BCUT2D eigenvalue weighted by Gasteiger charge is 2.25. The van der Waals surface area contributed by atoms with Crippen molar-refractivity contribution in [3.05, 3.63) is 77.4 Å². The van der Waals surface area contributed by atoms with E-state index in [1.54, 1.807) is 13.8 Å². The predicted molar refractivity (Wildman–Crippen MR) is 101 cm³/mol. The van der Waals surface area contributed by atoms with E-state index in [9.17, 15) is 13.0 Å². The molecule has 0 fully saturated rings. The molecule has 3 rings (SSSR count). The summed E-state index contributed by atoms with van der Waals surface area (Å²) in [4.78, 5) is -0.00388. The van der Waals surface area contributed by atoms with Gasteiger partial charge in [-0.2, -0.15) is 8.42 Å². The molecule has 3 nitrogen and oxygen atoms in total. The van der Waals surface area contributed by atoms with E-state index in [1.165, 1.54) is 0 Å². The zero-order valence-electron chi connectivity index (χ0n) is 14.4. The van der Waals surface area contributed by atoms with Crippen molar-refractivity contribution in [2.45, 2.75) is 25.7 Å². The highest BCUT2D eigenvalue weighted by Crippen LogP contribution is 2.41. The molecule has 1 N–H and O–H groups in total. The van der Waals surface area contributed by atoms with Crippen molar-refractivity contribution in [3.8, 4) is 22.3 Å². The second-order valence-corrected chi connectivity index (χ2v) is 7.52. The molecule has 0 unspecified atom stereocenters. The van der Waals surface area contributed by atoms with Crippen molar-refractivity contribution in [2.75, 3.05) is 0 Å². The van der Waals surface area contributed by atoms with Crippen LogP contribution in [0.2, 0.25) is 0 Å². The molecule has 0 bridgehead atoms. The molecule has 3 aromatic rings. The quantitative estimate of drug-likeness (QED) is 0.660. The lowest BCUT2D eigenvalue weighted by Crippen LogP contribution is -2.08. The maximum absolute atomic E-state index is 12.1. The number of hydrogen-bond acceptors (Lipinski definition) is 2. The fraction of sp³-hybridized carbons (Fsp3) is 0.143. The van der Waals surface area contributed by atoms with Gasteiger partial charge in [-0.05, 0) is 59.7 Å². The summed E-state index contributed by atoms with van der Waals surface area (Å²) < 4.78 is 34.1. The average Bonchev–Trinajstić information content (AvgIpc) is 2.55.